The van der Waals surface area contributed by atoms with Crippen molar-refractivity contribution in [1.29, 1.82) is 5.26 Å². The highest BCUT2D eigenvalue weighted by Crippen LogP contribution is 2.31. The Hall–Kier alpha value is -4.42. The molecule has 0 radical (unpaired) electrons. The van der Waals surface area contributed by atoms with Crippen LogP contribution in [0.15, 0.2) is 67.1 Å². The van der Waals surface area contributed by atoms with Gasteiger partial charge in [-0.3, -0.25) is 4.79 Å². The van der Waals surface area contributed by atoms with E-state index in [1.54, 1.807) is 23.8 Å². The van der Waals surface area contributed by atoms with Crippen LogP contribution >= 0.6 is 0 Å². The fourth-order valence-corrected chi connectivity index (χ4v) is 4.49. The summed E-state index contributed by atoms with van der Waals surface area (Å²) in [5.74, 6) is 1.52. The Bertz CT molecular complexity index is 1420. The van der Waals surface area contributed by atoms with Gasteiger partial charge in [0.2, 0.25) is 5.91 Å². The summed E-state index contributed by atoms with van der Waals surface area (Å²) >= 11 is 0. The van der Waals surface area contributed by atoms with Crippen LogP contribution in [0.4, 0.5) is 5.82 Å². The minimum Gasteiger partial charge on any atom is -0.489 e. The van der Waals surface area contributed by atoms with Crippen LogP contribution in [0.1, 0.15) is 18.1 Å². The van der Waals surface area contributed by atoms with Crippen LogP contribution in [0.25, 0.3) is 16.6 Å². The molecular weight excluding hydrogens is 468 g/mol. The van der Waals surface area contributed by atoms with Gasteiger partial charge in [-0.1, -0.05) is 30.3 Å². The Balaban J connectivity index is 1.30. The van der Waals surface area contributed by atoms with Gasteiger partial charge in [-0.15, -0.1) is 0 Å². The van der Waals surface area contributed by atoms with E-state index >= 15 is 0 Å². The van der Waals surface area contributed by atoms with E-state index in [-0.39, 0.29) is 12.5 Å². The second-order valence-electron chi connectivity index (χ2n) is 9.15. The van der Waals surface area contributed by atoms with E-state index in [1.165, 1.54) is 6.20 Å². The van der Waals surface area contributed by atoms with E-state index in [4.69, 9.17) is 9.72 Å². The molecule has 5 rings (SSSR count). The smallest absolute Gasteiger partial charge is 0.227 e. The number of hydrogen-bond donors (Lipinski definition) is 1. The summed E-state index contributed by atoms with van der Waals surface area (Å²) in [6, 6.07) is 17.8. The molecule has 1 aromatic carbocycles. The van der Waals surface area contributed by atoms with E-state index in [1.807, 2.05) is 53.4 Å². The van der Waals surface area contributed by atoms with Crippen LogP contribution in [0.5, 0.6) is 5.75 Å². The monoisotopic (exact) mass is 496 g/mol. The van der Waals surface area contributed by atoms with Crippen molar-refractivity contribution in [1.82, 2.24) is 19.5 Å². The molecule has 1 amide bonds. The molecule has 3 aromatic heterocycles. The van der Waals surface area contributed by atoms with E-state index in [9.17, 15) is 15.2 Å². The van der Waals surface area contributed by atoms with Crippen LogP contribution in [0, 0.1) is 11.3 Å². The molecule has 9 nitrogen and oxygen atoms in total. The average Bonchev–Trinajstić information content (AvgIpc) is 3.35. The molecule has 4 aromatic rings. The van der Waals surface area contributed by atoms with Gasteiger partial charge < -0.3 is 19.6 Å². The maximum Gasteiger partial charge on any atom is 0.227 e. The number of nitriles is 1. The van der Waals surface area contributed by atoms with Crippen LogP contribution in [-0.4, -0.2) is 69.4 Å². The molecule has 188 valence electrons. The fourth-order valence-electron chi connectivity index (χ4n) is 4.49. The van der Waals surface area contributed by atoms with E-state index in [0.29, 0.717) is 49.4 Å². The molecule has 1 N–H and O–H groups in total. The predicted octanol–water partition coefficient (Wildman–Crippen LogP) is 2.92. The summed E-state index contributed by atoms with van der Waals surface area (Å²) in [7, 11) is 0. The molecule has 0 saturated carbocycles. The second-order valence-corrected chi connectivity index (χ2v) is 9.15. The number of piperazine rings is 1. The molecule has 0 bridgehead atoms. The number of benzene rings is 1. The lowest BCUT2D eigenvalue weighted by atomic mass is 10.1. The van der Waals surface area contributed by atoms with E-state index < -0.39 is 6.10 Å². The van der Waals surface area contributed by atoms with Crippen molar-refractivity contribution in [2.24, 2.45) is 0 Å². The van der Waals surface area contributed by atoms with Gasteiger partial charge in [0.1, 0.15) is 24.2 Å². The number of carbonyl (C=O) groups is 1. The molecule has 1 aliphatic heterocycles. The number of hydrogen-bond acceptors (Lipinski definition) is 7. The van der Waals surface area contributed by atoms with Crippen LogP contribution < -0.4 is 9.64 Å². The highest BCUT2D eigenvalue weighted by atomic mass is 16.5. The molecule has 37 heavy (non-hydrogen) atoms. The van der Waals surface area contributed by atoms with Crippen molar-refractivity contribution in [3.8, 4) is 22.9 Å². The zero-order valence-electron chi connectivity index (χ0n) is 20.6. The van der Waals surface area contributed by atoms with E-state index in [0.717, 1.165) is 22.5 Å². The lowest BCUT2D eigenvalue weighted by molar-refractivity contribution is -0.130. The quantitative estimate of drug-likeness (QED) is 0.419. The molecule has 1 saturated heterocycles. The number of rotatable bonds is 7. The lowest BCUT2D eigenvalue weighted by Gasteiger charge is -2.35. The third-order valence-electron chi connectivity index (χ3n) is 6.41. The van der Waals surface area contributed by atoms with Gasteiger partial charge in [0.05, 0.1) is 36.0 Å². The summed E-state index contributed by atoms with van der Waals surface area (Å²) in [6.07, 6.45) is 4.81. The first-order valence-corrected chi connectivity index (χ1v) is 12.3. The van der Waals surface area contributed by atoms with Crippen molar-refractivity contribution in [3.05, 3.63) is 78.2 Å². The molecule has 0 unspecified atom stereocenters. The SMILES string of the molecule is C[C@@H](O)COc1cc(-c2ccc(N3CCN(C(=O)Cc4ccccc4)CC3)nc2)c2c(C#N)cnn2c1. The van der Waals surface area contributed by atoms with Gasteiger partial charge in [-0.2, -0.15) is 10.4 Å². The van der Waals surface area contributed by atoms with Crippen molar-refractivity contribution in [2.45, 2.75) is 19.4 Å². The van der Waals surface area contributed by atoms with Gasteiger partial charge in [-0.25, -0.2) is 9.50 Å². The fraction of sp³-hybridized carbons (Fsp3) is 0.286. The first-order valence-electron chi connectivity index (χ1n) is 12.3. The first kappa shape index (κ1) is 24.3. The van der Waals surface area contributed by atoms with Crippen LogP contribution in [0.2, 0.25) is 0 Å². The number of carbonyl (C=O) groups excluding carboxylic acids is 1. The minimum absolute atomic E-state index is 0.143. The molecule has 0 aliphatic carbocycles. The maximum absolute atomic E-state index is 12.7. The number of fused-ring (bicyclic) bond motifs is 1. The molecule has 1 fully saturated rings. The van der Waals surface area contributed by atoms with Gasteiger partial charge in [0, 0.05) is 43.5 Å². The van der Waals surface area contributed by atoms with Crippen LogP contribution in [0.3, 0.4) is 0 Å². The topological polar surface area (TPSA) is 107 Å². The summed E-state index contributed by atoms with van der Waals surface area (Å²) in [5.41, 5.74) is 3.75. The number of anilines is 1. The third kappa shape index (κ3) is 5.39. The minimum atomic E-state index is -0.610. The van der Waals surface area contributed by atoms with Crippen LogP contribution in [-0.2, 0) is 11.2 Å². The molecule has 0 spiro atoms. The third-order valence-corrected chi connectivity index (χ3v) is 6.41. The Morgan fingerprint density at radius 2 is 1.92 bits per heavy atom. The number of aliphatic hydroxyl groups is 1. The number of pyridine rings is 2. The molecule has 9 heteroatoms. The van der Waals surface area contributed by atoms with Crippen molar-refractivity contribution in [3.63, 3.8) is 0 Å². The largest absolute Gasteiger partial charge is 0.489 e. The highest BCUT2D eigenvalue weighted by Gasteiger charge is 2.22. The average molecular weight is 497 g/mol. The van der Waals surface area contributed by atoms with E-state index in [2.05, 4.69) is 16.1 Å². The van der Waals surface area contributed by atoms with Crippen molar-refractivity contribution < 1.29 is 14.6 Å². The Kier molecular flexibility index (Phi) is 7.01. The molecular formula is C28H28N6O3. The van der Waals surface area contributed by atoms with Gasteiger partial charge in [0.15, 0.2) is 0 Å². The lowest BCUT2D eigenvalue weighted by Crippen LogP contribution is -2.49. The number of aromatic nitrogens is 3. The van der Waals surface area contributed by atoms with Gasteiger partial charge in [0.25, 0.3) is 0 Å². The predicted molar refractivity (Wildman–Crippen MR) is 139 cm³/mol. The van der Waals surface area contributed by atoms with Crippen molar-refractivity contribution in [2.75, 3.05) is 37.7 Å². The number of aliphatic hydroxyl groups excluding tert-OH is 1. The van der Waals surface area contributed by atoms with Crippen molar-refractivity contribution >= 4 is 17.2 Å². The summed E-state index contributed by atoms with van der Waals surface area (Å²) in [5, 5.41) is 23.5. The highest BCUT2D eigenvalue weighted by molar-refractivity contribution is 5.85. The Morgan fingerprint density at radius 1 is 1.14 bits per heavy atom. The first-order chi connectivity index (χ1) is 18.0. The summed E-state index contributed by atoms with van der Waals surface area (Å²) < 4.78 is 7.33. The van der Waals surface area contributed by atoms with Gasteiger partial charge >= 0.3 is 0 Å². The van der Waals surface area contributed by atoms with Gasteiger partial charge in [-0.05, 0) is 30.7 Å². The maximum atomic E-state index is 12.7. The standard InChI is InChI=1S/C28H28N6O3/c1-20(35)19-37-24-14-25(28-23(15-29)17-31-34(28)18-24)22-7-8-26(30-16-22)32-9-11-33(12-10-32)27(36)13-21-5-3-2-4-6-21/h2-8,14,16-18,20,35H,9-13,19H2,1H3/t20-/m1/s1. The molecule has 1 aliphatic rings. The molecule has 1 atom stereocenters. The second kappa shape index (κ2) is 10.7. The Morgan fingerprint density at radius 3 is 2.59 bits per heavy atom. The number of amides is 1. The Labute approximate surface area is 215 Å². The zero-order chi connectivity index (χ0) is 25.8. The zero-order valence-corrected chi connectivity index (χ0v) is 20.6. The summed E-state index contributed by atoms with van der Waals surface area (Å²) in [6.45, 7) is 4.53. The number of nitrogens with zero attached hydrogens (tertiary/aromatic N) is 6. The number of ether oxygens (including phenoxy) is 1. The normalized spacial score (nSPS) is 14.4. The molecule has 4 heterocycles. The summed E-state index contributed by atoms with van der Waals surface area (Å²) in [4.78, 5) is 21.5.